The van der Waals surface area contributed by atoms with Crippen molar-refractivity contribution in [2.24, 2.45) is 0 Å². The zero-order valence-corrected chi connectivity index (χ0v) is 11.2. The Labute approximate surface area is 105 Å². The molecule has 1 N–H and O–H groups in total. The van der Waals surface area contributed by atoms with Gasteiger partial charge in [0.25, 0.3) is 0 Å². The number of hydrogen-bond acceptors (Lipinski definition) is 5. The van der Waals surface area contributed by atoms with Gasteiger partial charge >= 0.3 is 0 Å². The van der Waals surface area contributed by atoms with Crippen molar-refractivity contribution in [2.45, 2.75) is 33.2 Å². The van der Waals surface area contributed by atoms with E-state index in [4.69, 9.17) is 4.52 Å². The highest BCUT2D eigenvalue weighted by Gasteiger charge is 2.07. The van der Waals surface area contributed by atoms with Crippen molar-refractivity contribution in [1.82, 2.24) is 15.5 Å². The Morgan fingerprint density at radius 1 is 1.41 bits per heavy atom. The van der Waals surface area contributed by atoms with Gasteiger partial charge in [0.15, 0.2) is 5.82 Å². The van der Waals surface area contributed by atoms with E-state index >= 15 is 0 Å². The number of nitrogens with zero attached hydrogens (tertiary/aromatic N) is 2. The molecule has 17 heavy (non-hydrogen) atoms. The first-order chi connectivity index (χ1) is 8.15. The van der Waals surface area contributed by atoms with Crippen LogP contribution in [0.25, 0.3) is 0 Å². The topological polar surface area (TPSA) is 51.0 Å². The lowest BCUT2D eigenvalue weighted by atomic mass is 10.2. The molecule has 4 nitrogen and oxygen atoms in total. The molecule has 2 rings (SSSR count). The van der Waals surface area contributed by atoms with Crippen LogP contribution in [0.15, 0.2) is 16.7 Å². The summed E-state index contributed by atoms with van der Waals surface area (Å²) in [6.07, 6.45) is 0.798. The van der Waals surface area contributed by atoms with Gasteiger partial charge in [0.1, 0.15) is 0 Å². The van der Waals surface area contributed by atoms with Gasteiger partial charge in [-0.15, -0.1) is 11.3 Å². The zero-order chi connectivity index (χ0) is 12.3. The third kappa shape index (κ3) is 3.38. The molecule has 0 fully saturated rings. The maximum absolute atomic E-state index is 4.92. The van der Waals surface area contributed by atoms with Crippen molar-refractivity contribution in [3.63, 3.8) is 0 Å². The van der Waals surface area contributed by atoms with E-state index in [1.807, 2.05) is 11.3 Å². The van der Waals surface area contributed by atoms with Crippen molar-refractivity contribution < 1.29 is 4.52 Å². The molecule has 2 aromatic rings. The molecule has 92 valence electrons. The maximum Gasteiger partial charge on any atom is 0.223 e. The molecule has 2 heterocycles. The van der Waals surface area contributed by atoms with E-state index in [0.29, 0.717) is 11.9 Å². The second kappa shape index (κ2) is 5.42. The number of nitrogens with one attached hydrogen (secondary N) is 1. The predicted octanol–water partition coefficient (Wildman–Crippen LogP) is 2.64. The van der Waals surface area contributed by atoms with Crippen molar-refractivity contribution in [1.29, 1.82) is 0 Å². The molecule has 0 aliphatic rings. The fraction of sp³-hybridized carbons (Fsp3) is 0.500. The lowest BCUT2D eigenvalue weighted by Crippen LogP contribution is -2.20. The van der Waals surface area contributed by atoms with Crippen LogP contribution in [0.5, 0.6) is 0 Å². The molecule has 0 aliphatic carbocycles. The molecule has 0 aliphatic heterocycles. The number of rotatable bonds is 5. The highest BCUT2D eigenvalue weighted by molar-refractivity contribution is 7.12. The molecular weight excluding hydrogens is 234 g/mol. The quantitative estimate of drug-likeness (QED) is 0.887. The van der Waals surface area contributed by atoms with Crippen LogP contribution in [0.3, 0.4) is 0 Å². The van der Waals surface area contributed by atoms with E-state index in [0.717, 1.165) is 18.8 Å². The van der Waals surface area contributed by atoms with Crippen LogP contribution < -0.4 is 5.32 Å². The van der Waals surface area contributed by atoms with Gasteiger partial charge in [-0.1, -0.05) is 5.16 Å². The van der Waals surface area contributed by atoms with Crippen LogP contribution in [0, 0.1) is 13.8 Å². The predicted molar refractivity (Wildman–Crippen MR) is 68.2 cm³/mol. The zero-order valence-electron chi connectivity index (χ0n) is 10.4. The largest absolute Gasteiger partial charge is 0.340 e. The van der Waals surface area contributed by atoms with Crippen LogP contribution in [-0.4, -0.2) is 16.7 Å². The van der Waals surface area contributed by atoms with Crippen LogP contribution in [0.2, 0.25) is 0 Å². The molecule has 0 saturated heterocycles. The first-order valence-electron chi connectivity index (χ1n) is 5.74. The Bertz CT molecular complexity index is 478. The molecule has 5 heteroatoms. The average molecular weight is 251 g/mol. The van der Waals surface area contributed by atoms with Crippen LogP contribution in [0.4, 0.5) is 0 Å². The highest BCUT2D eigenvalue weighted by Crippen LogP contribution is 2.21. The summed E-state index contributed by atoms with van der Waals surface area (Å²) >= 11 is 1.83. The molecule has 0 aromatic carbocycles. The molecule has 0 amide bonds. The Morgan fingerprint density at radius 3 is 2.82 bits per heavy atom. The minimum atomic E-state index is 0.377. The Hall–Kier alpha value is -1.20. The summed E-state index contributed by atoms with van der Waals surface area (Å²) in [6, 6.07) is 4.71. The molecule has 0 saturated carbocycles. The lowest BCUT2D eigenvalue weighted by molar-refractivity contribution is 0.386. The number of thiophene rings is 1. The summed E-state index contributed by atoms with van der Waals surface area (Å²) in [4.78, 5) is 6.89. The van der Waals surface area contributed by atoms with Gasteiger partial charge in [0.2, 0.25) is 5.89 Å². The van der Waals surface area contributed by atoms with E-state index < -0.39 is 0 Å². The highest BCUT2D eigenvalue weighted by atomic mass is 32.1. The van der Waals surface area contributed by atoms with Gasteiger partial charge < -0.3 is 9.84 Å². The SMILES string of the molecule is Cc1nc(CCNC(C)c2ccc(C)s2)no1. The maximum atomic E-state index is 4.92. The fourth-order valence-electron chi connectivity index (χ4n) is 1.63. The first-order valence-corrected chi connectivity index (χ1v) is 6.55. The second-order valence-corrected chi connectivity index (χ2v) is 5.42. The van der Waals surface area contributed by atoms with E-state index in [1.165, 1.54) is 9.75 Å². The molecule has 1 atom stereocenters. The molecule has 0 radical (unpaired) electrons. The van der Waals surface area contributed by atoms with E-state index in [2.05, 4.69) is 41.4 Å². The standard InChI is InChI=1S/C12H17N3OS/c1-8-4-5-11(17-8)9(2)13-7-6-12-14-10(3)16-15-12/h4-5,9,13H,6-7H2,1-3H3. The van der Waals surface area contributed by atoms with E-state index in [1.54, 1.807) is 6.92 Å². The molecule has 1 unspecified atom stereocenters. The van der Waals surface area contributed by atoms with E-state index in [-0.39, 0.29) is 0 Å². The number of aryl methyl sites for hydroxylation is 2. The van der Waals surface area contributed by atoms with Gasteiger partial charge in [0, 0.05) is 35.7 Å². The first kappa shape index (κ1) is 12.3. The monoisotopic (exact) mass is 251 g/mol. The second-order valence-electron chi connectivity index (χ2n) is 4.10. The molecule has 0 bridgehead atoms. The van der Waals surface area contributed by atoms with E-state index in [9.17, 15) is 0 Å². The number of hydrogen-bond donors (Lipinski definition) is 1. The van der Waals surface area contributed by atoms with Gasteiger partial charge in [-0.25, -0.2) is 0 Å². The van der Waals surface area contributed by atoms with Crippen molar-refractivity contribution in [2.75, 3.05) is 6.54 Å². The van der Waals surface area contributed by atoms with Crippen LogP contribution in [-0.2, 0) is 6.42 Å². The minimum Gasteiger partial charge on any atom is -0.340 e. The minimum absolute atomic E-state index is 0.377. The summed E-state index contributed by atoms with van der Waals surface area (Å²) < 4.78 is 4.92. The third-order valence-corrected chi connectivity index (χ3v) is 3.74. The summed E-state index contributed by atoms with van der Waals surface area (Å²) in [5.41, 5.74) is 0. The van der Waals surface area contributed by atoms with Gasteiger partial charge in [-0.05, 0) is 26.0 Å². The third-order valence-electron chi connectivity index (χ3n) is 2.56. The Kier molecular flexibility index (Phi) is 3.91. The van der Waals surface area contributed by atoms with Crippen molar-refractivity contribution in [3.8, 4) is 0 Å². The van der Waals surface area contributed by atoms with Gasteiger partial charge in [-0.3, -0.25) is 0 Å². The number of aromatic nitrogens is 2. The van der Waals surface area contributed by atoms with Crippen LogP contribution >= 0.6 is 11.3 Å². The molecular formula is C12H17N3OS. The summed E-state index contributed by atoms with van der Waals surface area (Å²) in [6.45, 7) is 6.97. The summed E-state index contributed by atoms with van der Waals surface area (Å²) in [5.74, 6) is 1.39. The summed E-state index contributed by atoms with van der Waals surface area (Å²) in [5, 5.41) is 7.32. The van der Waals surface area contributed by atoms with Crippen molar-refractivity contribution in [3.05, 3.63) is 33.6 Å². The van der Waals surface area contributed by atoms with Crippen molar-refractivity contribution >= 4 is 11.3 Å². The Morgan fingerprint density at radius 2 is 2.24 bits per heavy atom. The Balaban J connectivity index is 1.78. The van der Waals surface area contributed by atoms with Gasteiger partial charge in [0.05, 0.1) is 0 Å². The normalized spacial score (nSPS) is 12.9. The molecule has 2 aromatic heterocycles. The summed E-state index contributed by atoms with van der Waals surface area (Å²) in [7, 11) is 0. The van der Waals surface area contributed by atoms with Gasteiger partial charge in [-0.2, -0.15) is 4.98 Å². The lowest BCUT2D eigenvalue weighted by Gasteiger charge is -2.10. The average Bonchev–Trinajstić information content (AvgIpc) is 2.88. The fourth-order valence-corrected chi connectivity index (χ4v) is 2.53. The molecule has 0 spiro atoms. The van der Waals surface area contributed by atoms with Crippen LogP contribution in [0.1, 0.15) is 34.4 Å². The smallest absolute Gasteiger partial charge is 0.223 e.